The Hall–Kier alpha value is -0.610. The zero-order valence-corrected chi connectivity index (χ0v) is 12.4. The highest BCUT2D eigenvalue weighted by Crippen LogP contribution is 2.33. The molecule has 0 aliphatic carbocycles. The van der Waals surface area contributed by atoms with E-state index in [1.807, 2.05) is 6.20 Å². The largest absolute Gasteiger partial charge is 0.351 e. The van der Waals surface area contributed by atoms with Gasteiger partial charge in [0, 0.05) is 24.8 Å². The average Bonchev–Trinajstić information content (AvgIpc) is 2.98. The number of anilines is 1. The van der Waals surface area contributed by atoms with E-state index >= 15 is 0 Å². The number of nitrogens with zero attached hydrogens (tertiary/aromatic N) is 2. The average molecular weight is 310 g/mol. The fraction of sp³-hybridized carbons (Fsp3) is 0.643. The molecule has 3 nitrogen and oxygen atoms in total. The Morgan fingerprint density at radius 1 is 1.39 bits per heavy atom. The van der Waals surface area contributed by atoms with Crippen molar-refractivity contribution in [2.24, 2.45) is 0 Å². The van der Waals surface area contributed by atoms with E-state index in [0.29, 0.717) is 12.1 Å². The summed E-state index contributed by atoms with van der Waals surface area (Å²) in [7, 11) is 0. The van der Waals surface area contributed by atoms with Crippen molar-refractivity contribution in [2.75, 3.05) is 18.0 Å². The lowest BCUT2D eigenvalue weighted by Crippen LogP contribution is -2.44. The molecule has 0 radical (unpaired) electrons. The lowest BCUT2D eigenvalue weighted by Gasteiger charge is -2.31. The highest BCUT2D eigenvalue weighted by molar-refractivity contribution is 9.10. The van der Waals surface area contributed by atoms with E-state index in [9.17, 15) is 0 Å². The maximum Gasteiger partial charge on any atom is 0.143 e. The summed E-state index contributed by atoms with van der Waals surface area (Å²) in [4.78, 5) is 7.13. The minimum Gasteiger partial charge on any atom is -0.351 e. The number of pyridine rings is 1. The molecule has 0 saturated carbocycles. The van der Waals surface area contributed by atoms with Crippen LogP contribution in [0.4, 0.5) is 5.82 Å². The molecular formula is C14H20BrN3. The zero-order valence-electron chi connectivity index (χ0n) is 10.8. The van der Waals surface area contributed by atoms with Crippen molar-refractivity contribution < 1.29 is 0 Å². The van der Waals surface area contributed by atoms with E-state index in [2.05, 4.69) is 44.1 Å². The van der Waals surface area contributed by atoms with Crippen LogP contribution in [-0.4, -0.2) is 30.2 Å². The van der Waals surface area contributed by atoms with Gasteiger partial charge >= 0.3 is 0 Å². The molecule has 4 heteroatoms. The Labute approximate surface area is 117 Å². The molecule has 1 N–H and O–H groups in total. The van der Waals surface area contributed by atoms with Gasteiger partial charge in [-0.1, -0.05) is 0 Å². The number of halogens is 1. The van der Waals surface area contributed by atoms with Crippen molar-refractivity contribution in [2.45, 2.75) is 44.7 Å². The van der Waals surface area contributed by atoms with Gasteiger partial charge in [0.05, 0.1) is 4.47 Å². The molecule has 2 saturated heterocycles. The number of rotatable bonds is 2. The fourth-order valence-electron chi connectivity index (χ4n) is 3.25. The van der Waals surface area contributed by atoms with Crippen molar-refractivity contribution in [3.05, 3.63) is 22.3 Å². The molecule has 2 aliphatic heterocycles. The van der Waals surface area contributed by atoms with Crippen molar-refractivity contribution in [1.29, 1.82) is 0 Å². The maximum atomic E-state index is 4.63. The summed E-state index contributed by atoms with van der Waals surface area (Å²) >= 11 is 3.67. The second kappa shape index (κ2) is 5.17. The topological polar surface area (TPSA) is 28.2 Å². The lowest BCUT2D eigenvalue weighted by molar-refractivity contribution is 0.480. The van der Waals surface area contributed by atoms with E-state index in [-0.39, 0.29) is 0 Å². The van der Waals surface area contributed by atoms with E-state index in [1.165, 1.54) is 37.8 Å². The van der Waals surface area contributed by atoms with Gasteiger partial charge in [0.25, 0.3) is 0 Å². The first kappa shape index (κ1) is 12.4. The number of aromatic nitrogens is 1. The van der Waals surface area contributed by atoms with Gasteiger partial charge in [0.2, 0.25) is 0 Å². The van der Waals surface area contributed by atoms with Gasteiger partial charge in [-0.2, -0.15) is 0 Å². The molecule has 0 bridgehead atoms. The zero-order chi connectivity index (χ0) is 12.5. The Morgan fingerprint density at radius 2 is 2.28 bits per heavy atom. The van der Waals surface area contributed by atoms with Gasteiger partial charge in [-0.25, -0.2) is 4.98 Å². The predicted molar refractivity (Wildman–Crippen MR) is 78.1 cm³/mol. The van der Waals surface area contributed by atoms with E-state index in [0.717, 1.165) is 16.8 Å². The third kappa shape index (κ3) is 2.28. The Kier molecular flexibility index (Phi) is 3.57. The molecule has 2 aliphatic rings. The van der Waals surface area contributed by atoms with Crippen LogP contribution in [0.1, 0.15) is 31.2 Å². The van der Waals surface area contributed by atoms with Crippen LogP contribution in [0.25, 0.3) is 0 Å². The van der Waals surface area contributed by atoms with Gasteiger partial charge in [0.15, 0.2) is 0 Å². The SMILES string of the molecule is Cc1cnc(N2CCCC2C2CCCN2)c(Br)c1. The van der Waals surface area contributed by atoms with Crippen LogP contribution in [0.15, 0.2) is 16.7 Å². The molecule has 2 fully saturated rings. The van der Waals surface area contributed by atoms with E-state index < -0.39 is 0 Å². The van der Waals surface area contributed by atoms with Crippen LogP contribution in [0.2, 0.25) is 0 Å². The molecule has 98 valence electrons. The number of nitrogens with one attached hydrogen (secondary N) is 1. The van der Waals surface area contributed by atoms with Crippen molar-refractivity contribution in [3.63, 3.8) is 0 Å². The monoisotopic (exact) mass is 309 g/mol. The molecule has 0 aromatic carbocycles. The van der Waals surface area contributed by atoms with Crippen molar-refractivity contribution >= 4 is 21.7 Å². The second-order valence-corrected chi connectivity index (χ2v) is 6.28. The predicted octanol–water partition coefficient (Wildman–Crippen LogP) is 2.87. The summed E-state index contributed by atoms with van der Waals surface area (Å²) in [5, 5.41) is 3.64. The molecule has 2 unspecified atom stereocenters. The summed E-state index contributed by atoms with van der Waals surface area (Å²) in [5.74, 6) is 1.12. The van der Waals surface area contributed by atoms with Gasteiger partial charge in [0.1, 0.15) is 5.82 Å². The Morgan fingerprint density at radius 3 is 3.00 bits per heavy atom. The minimum absolute atomic E-state index is 0.624. The normalized spacial score (nSPS) is 28.0. The van der Waals surface area contributed by atoms with E-state index in [4.69, 9.17) is 0 Å². The molecule has 0 amide bonds. The molecule has 1 aromatic heterocycles. The number of hydrogen-bond donors (Lipinski definition) is 1. The smallest absolute Gasteiger partial charge is 0.143 e. The Bertz CT molecular complexity index is 429. The lowest BCUT2D eigenvalue weighted by atomic mass is 10.0. The first-order valence-corrected chi connectivity index (χ1v) is 7.67. The molecule has 1 aromatic rings. The minimum atomic E-state index is 0.624. The third-order valence-corrected chi connectivity index (χ3v) is 4.68. The molecule has 2 atom stereocenters. The van der Waals surface area contributed by atoms with Crippen LogP contribution >= 0.6 is 15.9 Å². The summed E-state index contributed by atoms with van der Waals surface area (Å²) in [6, 6.07) is 3.45. The quantitative estimate of drug-likeness (QED) is 0.910. The highest BCUT2D eigenvalue weighted by Gasteiger charge is 2.34. The van der Waals surface area contributed by atoms with E-state index in [1.54, 1.807) is 0 Å². The standard InChI is InChI=1S/C14H20BrN3/c1-10-8-11(15)14(17-9-10)18-7-3-5-13(18)12-4-2-6-16-12/h8-9,12-13,16H,2-7H2,1H3. The van der Waals surface area contributed by atoms with Crippen molar-refractivity contribution in [1.82, 2.24) is 10.3 Å². The van der Waals surface area contributed by atoms with Gasteiger partial charge in [-0.05, 0) is 66.7 Å². The van der Waals surface area contributed by atoms with Crippen LogP contribution < -0.4 is 10.2 Å². The van der Waals surface area contributed by atoms with Crippen molar-refractivity contribution in [3.8, 4) is 0 Å². The highest BCUT2D eigenvalue weighted by atomic mass is 79.9. The van der Waals surface area contributed by atoms with Crippen LogP contribution in [0.3, 0.4) is 0 Å². The molecular weight excluding hydrogens is 290 g/mol. The van der Waals surface area contributed by atoms with Crippen LogP contribution in [-0.2, 0) is 0 Å². The summed E-state index contributed by atoms with van der Waals surface area (Å²) < 4.78 is 1.13. The Balaban J connectivity index is 1.85. The van der Waals surface area contributed by atoms with Gasteiger partial charge < -0.3 is 10.2 Å². The summed E-state index contributed by atoms with van der Waals surface area (Å²) in [6.07, 6.45) is 7.17. The third-order valence-electron chi connectivity index (χ3n) is 4.09. The van der Waals surface area contributed by atoms with Crippen LogP contribution in [0, 0.1) is 6.92 Å². The molecule has 3 heterocycles. The van der Waals surface area contributed by atoms with Gasteiger partial charge in [-0.15, -0.1) is 0 Å². The molecule has 3 rings (SSSR count). The number of aryl methyl sites for hydroxylation is 1. The first-order valence-electron chi connectivity index (χ1n) is 6.88. The molecule has 0 spiro atoms. The first-order chi connectivity index (χ1) is 8.75. The van der Waals surface area contributed by atoms with Crippen LogP contribution in [0.5, 0.6) is 0 Å². The fourth-order valence-corrected chi connectivity index (χ4v) is 3.94. The second-order valence-electron chi connectivity index (χ2n) is 5.42. The number of hydrogen-bond acceptors (Lipinski definition) is 3. The van der Waals surface area contributed by atoms with Gasteiger partial charge in [-0.3, -0.25) is 0 Å². The summed E-state index contributed by atoms with van der Waals surface area (Å²) in [6.45, 7) is 4.40. The summed E-state index contributed by atoms with van der Waals surface area (Å²) in [5.41, 5.74) is 1.21. The maximum absolute atomic E-state index is 4.63. The molecule has 18 heavy (non-hydrogen) atoms.